The van der Waals surface area contributed by atoms with Crippen molar-refractivity contribution in [3.63, 3.8) is 0 Å². The molecule has 0 saturated carbocycles. The molecule has 0 fully saturated rings. The molecule has 8 rings (SSSR count). The first-order valence-corrected chi connectivity index (χ1v) is 12.3. The lowest BCUT2D eigenvalue weighted by Crippen LogP contribution is -2.03. The molecule has 0 radical (unpaired) electrons. The highest BCUT2D eigenvalue weighted by Gasteiger charge is 2.20. The zero-order chi connectivity index (χ0) is 24.3. The van der Waals surface area contributed by atoms with Gasteiger partial charge in [0.2, 0.25) is 11.7 Å². The summed E-state index contributed by atoms with van der Waals surface area (Å²) in [7, 11) is 0. The second-order valence-electron chi connectivity index (χ2n) is 9.15. The molecule has 0 aliphatic rings. The highest BCUT2D eigenvalue weighted by molar-refractivity contribution is 6.18. The average Bonchev–Trinajstić information content (AvgIpc) is 3.69. The minimum Gasteiger partial charge on any atom is -0.446 e. The van der Waals surface area contributed by atoms with Crippen LogP contribution in [0.1, 0.15) is 0 Å². The number of nitrogens with zero attached hydrogens (tertiary/aromatic N) is 4. The molecule has 5 nitrogen and oxygen atoms in total. The Morgan fingerprint density at radius 3 is 2.22 bits per heavy atom. The number of hydrogen-bond donors (Lipinski definition) is 0. The molecule has 4 aromatic heterocycles. The van der Waals surface area contributed by atoms with Crippen LogP contribution in [0.15, 0.2) is 126 Å². The van der Waals surface area contributed by atoms with Crippen molar-refractivity contribution >= 4 is 43.8 Å². The molecule has 5 heteroatoms. The molecule has 0 unspecified atom stereocenters. The van der Waals surface area contributed by atoms with Gasteiger partial charge in [0, 0.05) is 33.6 Å². The number of benzene rings is 4. The van der Waals surface area contributed by atoms with Crippen molar-refractivity contribution in [2.24, 2.45) is 0 Å². The maximum absolute atomic E-state index is 5.82. The number of aromatic nitrogens is 4. The first-order chi connectivity index (χ1) is 18.4. The van der Waals surface area contributed by atoms with Crippen LogP contribution < -0.4 is 0 Å². The molecule has 37 heavy (non-hydrogen) atoms. The van der Waals surface area contributed by atoms with Crippen LogP contribution in [0.4, 0.5) is 0 Å². The number of furan rings is 1. The highest BCUT2D eigenvalue weighted by Crippen LogP contribution is 2.38. The largest absolute Gasteiger partial charge is 0.446 e. The van der Waals surface area contributed by atoms with E-state index >= 15 is 0 Å². The van der Waals surface area contributed by atoms with Gasteiger partial charge in [-0.15, -0.1) is 0 Å². The summed E-state index contributed by atoms with van der Waals surface area (Å²) in [6.45, 7) is 0. The third-order valence-corrected chi connectivity index (χ3v) is 7.10. The van der Waals surface area contributed by atoms with Crippen molar-refractivity contribution in [3.8, 4) is 22.9 Å². The predicted molar refractivity (Wildman–Crippen MR) is 148 cm³/mol. The maximum atomic E-state index is 5.82. The topological polar surface area (TPSA) is 48.8 Å². The van der Waals surface area contributed by atoms with Crippen LogP contribution in [0.2, 0.25) is 0 Å². The van der Waals surface area contributed by atoms with E-state index in [0.717, 1.165) is 49.7 Å². The van der Waals surface area contributed by atoms with E-state index in [0.29, 0.717) is 11.7 Å². The van der Waals surface area contributed by atoms with E-state index in [1.165, 1.54) is 5.39 Å². The lowest BCUT2D eigenvalue weighted by atomic mass is 10.1. The number of hydrogen-bond acceptors (Lipinski definition) is 3. The van der Waals surface area contributed by atoms with Crippen LogP contribution >= 0.6 is 0 Å². The molecule has 174 valence electrons. The summed E-state index contributed by atoms with van der Waals surface area (Å²) in [5, 5.41) is 4.37. The van der Waals surface area contributed by atoms with Crippen molar-refractivity contribution < 1.29 is 4.42 Å². The van der Waals surface area contributed by atoms with Gasteiger partial charge < -0.3 is 8.98 Å². The monoisotopic (exact) mass is 476 g/mol. The fourth-order valence-corrected chi connectivity index (χ4v) is 5.46. The normalized spacial score (nSPS) is 11.8. The van der Waals surface area contributed by atoms with E-state index in [4.69, 9.17) is 14.4 Å². The minimum absolute atomic E-state index is 0.573. The number of para-hydroxylation sites is 2. The molecule has 0 bridgehead atoms. The van der Waals surface area contributed by atoms with Crippen LogP contribution in [-0.2, 0) is 0 Å². The Kier molecular flexibility index (Phi) is 4.16. The van der Waals surface area contributed by atoms with Crippen molar-refractivity contribution in [1.82, 2.24) is 19.1 Å². The Labute approximate surface area is 211 Å². The summed E-state index contributed by atoms with van der Waals surface area (Å²) >= 11 is 0. The van der Waals surface area contributed by atoms with Crippen molar-refractivity contribution in [1.29, 1.82) is 0 Å². The van der Waals surface area contributed by atoms with Gasteiger partial charge in [0.15, 0.2) is 0 Å². The average molecular weight is 477 g/mol. The van der Waals surface area contributed by atoms with Crippen LogP contribution in [0.5, 0.6) is 0 Å². The van der Waals surface area contributed by atoms with Gasteiger partial charge in [-0.05, 0) is 36.4 Å². The summed E-state index contributed by atoms with van der Waals surface area (Å²) in [5.74, 6) is 0.590. The lowest BCUT2D eigenvalue weighted by Gasteiger charge is -2.10. The molecule has 0 saturated heterocycles. The van der Waals surface area contributed by atoms with Crippen molar-refractivity contribution in [2.75, 3.05) is 0 Å². The standard InChI is InChI=1S/C32H20N4O/c1-3-9-21(10-4-1)29-26-18-20-37-31(26)34-32(33-29)36-28-14-8-7-13-23(28)24-15-16-27-25(30(24)36)17-19-35(27)22-11-5-2-6-12-22/h1-20H. The fourth-order valence-electron chi connectivity index (χ4n) is 5.46. The number of rotatable bonds is 3. The third kappa shape index (κ3) is 2.91. The Hall–Kier alpha value is -5.16. The lowest BCUT2D eigenvalue weighted by molar-refractivity contribution is 0.601. The summed E-state index contributed by atoms with van der Waals surface area (Å²) in [6, 6.07) is 37.6. The summed E-state index contributed by atoms with van der Waals surface area (Å²) in [5.41, 5.74) is 6.85. The van der Waals surface area contributed by atoms with E-state index < -0.39 is 0 Å². The second kappa shape index (κ2) is 7.67. The van der Waals surface area contributed by atoms with Crippen LogP contribution in [0.25, 0.3) is 66.7 Å². The van der Waals surface area contributed by atoms with Gasteiger partial charge in [0.25, 0.3) is 0 Å². The Balaban J connectivity index is 1.50. The molecule has 4 heterocycles. The molecule has 0 aliphatic heterocycles. The molecule has 8 aromatic rings. The van der Waals surface area contributed by atoms with Crippen LogP contribution in [0, 0.1) is 0 Å². The molecular weight excluding hydrogens is 456 g/mol. The quantitative estimate of drug-likeness (QED) is 0.260. The van der Waals surface area contributed by atoms with E-state index in [-0.39, 0.29) is 0 Å². The van der Waals surface area contributed by atoms with Gasteiger partial charge in [-0.3, -0.25) is 4.57 Å². The van der Waals surface area contributed by atoms with E-state index in [1.807, 2.05) is 30.3 Å². The second-order valence-corrected chi connectivity index (χ2v) is 9.15. The van der Waals surface area contributed by atoms with E-state index in [9.17, 15) is 0 Å². The molecule has 0 aliphatic carbocycles. The van der Waals surface area contributed by atoms with E-state index in [2.05, 4.69) is 94.2 Å². The Morgan fingerprint density at radius 1 is 0.568 bits per heavy atom. The van der Waals surface area contributed by atoms with Crippen LogP contribution in [0.3, 0.4) is 0 Å². The zero-order valence-corrected chi connectivity index (χ0v) is 19.7. The van der Waals surface area contributed by atoms with Crippen molar-refractivity contribution in [2.45, 2.75) is 0 Å². The predicted octanol–water partition coefficient (Wildman–Crippen LogP) is 7.93. The van der Waals surface area contributed by atoms with Crippen LogP contribution in [-0.4, -0.2) is 19.1 Å². The number of fused-ring (bicyclic) bond motifs is 6. The zero-order valence-electron chi connectivity index (χ0n) is 19.7. The minimum atomic E-state index is 0.573. The molecular formula is C32H20N4O. The SMILES string of the molecule is c1ccc(-c2nc(-n3c4ccccc4c4ccc5c(ccn5-c5ccccc5)c43)nc3occc23)cc1. The molecule has 0 amide bonds. The molecule has 0 N–H and O–H groups in total. The van der Waals surface area contributed by atoms with Gasteiger partial charge in [0.1, 0.15) is 0 Å². The highest BCUT2D eigenvalue weighted by atomic mass is 16.3. The summed E-state index contributed by atoms with van der Waals surface area (Å²) < 4.78 is 10.2. The molecule has 0 spiro atoms. The third-order valence-electron chi connectivity index (χ3n) is 7.10. The van der Waals surface area contributed by atoms with Gasteiger partial charge in [-0.1, -0.05) is 72.8 Å². The van der Waals surface area contributed by atoms with Gasteiger partial charge in [-0.25, -0.2) is 4.98 Å². The van der Waals surface area contributed by atoms with Crippen molar-refractivity contribution in [3.05, 3.63) is 122 Å². The summed E-state index contributed by atoms with van der Waals surface area (Å²) in [4.78, 5) is 10.1. The summed E-state index contributed by atoms with van der Waals surface area (Å²) in [6.07, 6.45) is 3.81. The Morgan fingerprint density at radius 2 is 1.35 bits per heavy atom. The van der Waals surface area contributed by atoms with Gasteiger partial charge in [-0.2, -0.15) is 4.98 Å². The van der Waals surface area contributed by atoms with E-state index in [1.54, 1.807) is 6.26 Å². The van der Waals surface area contributed by atoms with Gasteiger partial charge >= 0.3 is 0 Å². The first-order valence-electron chi connectivity index (χ1n) is 12.3. The molecule has 4 aromatic carbocycles. The maximum Gasteiger partial charge on any atom is 0.238 e. The first kappa shape index (κ1) is 20.1. The molecule has 0 atom stereocenters. The Bertz CT molecular complexity index is 2080. The van der Waals surface area contributed by atoms with Gasteiger partial charge in [0.05, 0.1) is 33.9 Å². The smallest absolute Gasteiger partial charge is 0.238 e. The fraction of sp³-hybridized carbons (Fsp3) is 0.